The van der Waals surface area contributed by atoms with Crippen molar-refractivity contribution < 1.29 is 9.59 Å². The molecule has 6 heteroatoms. The molecule has 1 aliphatic rings. The number of hydrogen-bond donors (Lipinski definition) is 2. The number of halogens is 1. The lowest BCUT2D eigenvalue weighted by Gasteiger charge is -2.26. The molecule has 2 N–H and O–H groups in total. The zero-order valence-electron chi connectivity index (χ0n) is 11.4. The van der Waals surface area contributed by atoms with Crippen LogP contribution < -0.4 is 10.6 Å². The van der Waals surface area contributed by atoms with Gasteiger partial charge in [-0.1, -0.05) is 23.7 Å². The Labute approximate surface area is 123 Å². The number of nitrogens with zero attached hydrogens (tertiary/aromatic N) is 1. The lowest BCUT2D eigenvalue weighted by Crippen LogP contribution is -2.50. The third kappa shape index (κ3) is 4.21. The maximum Gasteiger partial charge on any atom is 0.234 e. The van der Waals surface area contributed by atoms with Crippen molar-refractivity contribution in [2.24, 2.45) is 0 Å². The van der Waals surface area contributed by atoms with Gasteiger partial charge in [-0.2, -0.15) is 0 Å². The van der Waals surface area contributed by atoms with Crippen LogP contribution in [0.25, 0.3) is 0 Å². The van der Waals surface area contributed by atoms with Crippen molar-refractivity contribution in [3.05, 3.63) is 34.9 Å². The van der Waals surface area contributed by atoms with Gasteiger partial charge in [-0.05, 0) is 24.6 Å². The average molecular weight is 296 g/mol. The second-order valence-electron chi connectivity index (χ2n) is 4.90. The summed E-state index contributed by atoms with van der Waals surface area (Å²) < 4.78 is 0. The van der Waals surface area contributed by atoms with Crippen LogP contribution in [0.4, 0.5) is 0 Å². The standard InChI is InChI=1S/C14H18ClN3O2/c1-10(11-2-4-12(15)5-3-11)17-14(20)9-18-7-6-16-13(19)8-18/h2-5,10H,6-9H2,1H3,(H,16,19)(H,17,20)/t10-/m1/s1. The van der Waals surface area contributed by atoms with Crippen molar-refractivity contribution in [1.82, 2.24) is 15.5 Å². The molecule has 20 heavy (non-hydrogen) atoms. The number of hydrogen-bond acceptors (Lipinski definition) is 3. The van der Waals surface area contributed by atoms with Crippen LogP contribution in [0.2, 0.25) is 5.02 Å². The number of rotatable bonds is 4. The Balaban J connectivity index is 1.84. The molecule has 0 aliphatic carbocycles. The number of benzene rings is 1. The molecule has 108 valence electrons. The van der Waals surface area contributed by atoms with Crippen LogP contribution in [-0.4, -0.2) is 42.9 Å². The van der Waals surface area contributed by atoms with Crippen LogP contribution in [-0.2, 0) is 9.59 Å². The molecule has 0 aromatic heterocycles. The molecule has 0 radical (unpaired) electrons. The number of nitrogens with one attached hydrogen (secondary N) is 2. The van der Waals surface area contributed by atoms with Gasteiger partial charge in [0.05, 0.1) is 19.1 Å². The highest BCUT2D eigenvalue weighted by molar-refractivity contribution is 6.30. The molecular weight excluding hydrogens is 278 g/mol. The zero-order chi connectivity index (χ0) is 14.5. The number of carbonyl (C=O) groups is 2. The molecule has 0 spiro atoms. The van der Waals surface area contributed by atoms with E-state index in [9.17, 15) is 9.59 Å². The second-order valence-corrected chi connectivity index (χ2v) is 5.34. The Morgan fingerprint density at radius 3 is 2.80 bits per heavy atom. The van der Waals surface area contributed by atoms with Gasteiger partial charge in [0.15, 0.2) is 0 Å². The van der Waals surface area contributed by atoms with E-state index in [4.69, 9.17) is 11.6 Å². The fourth-order valence-electron chi connectivity index (χ4n) is 2.15. The molecule has 1 atom stereocenters. The summed E-state index contributed by atoms with van der Waals surface area (Å²) in [6, 6.07) is 7.30. The summed E-state index contributed by atoms with van der Waals surface area (Å²) in [5.74, 6) is -0.114. The summed E-state index contributed by atoms with van der Waals surface area (Å²) in [4.78, 5) is 25.0. The van der Waals surface area contributed by atoms with Crippen molar-refractivity contribution in [2.75, 3.05) is 26.2 Å². The van der Waals surface area contributed by atoms with E-state index in [1.165, 1.54) is 0 Å². The molecule has 2 amide bonds. The van der Waals surface area contributed by atoms with Crippen LogP contribution in [0.3, 0.4) is 0 Å². The summed E-state index contributed by atoms with van der Waals surface area (Å²) in [5.41, 5.74) is 0.999. The van der Waals surface area contributed by atoms with Crippen LogP contribution in [0, 0.1) is 0 Å². The van der Waals surface area contributed by atoms with E-state index in [1.807, 2.05) is 24.0 Å². The molecule has 1 aliphatic heterocycles. The van der Waals surface area contributed by atoms with Gasteiger partial charge in [0, 0.05) is 18.1 Å². The first kappa shape index (κ1) is 14.8. The zero-order valence-corrected chi connectivity index (χ0v) is 12.1. The maximum atomic E-state index is 12.0. The van der Waals surface area contributed by atoms with Gasteiger partial charge in [-0.25, -0.2) is 0 Å². The van der Waals surface area contributed by atoms with Crippen molar-refractivity contribution in [3.63, 3.8) is 0 Å². The molecule has 0 bridgehead atoms. The van der Waals surface area contributed by atoms with Crippen molar-refractivity contribution in [1.29, 1.82) is 0 Å². The molecule has 2 rings (SSSR count). The Bertz CT molecular complexity index is 490. The third-order valence-electron chi connectivity index (χ3n) is 3.23. The largest absolute Gasteiger partial charge is 0.354 e. The molecular formula is C14H18ClN3O2. The molecule has 1 aromatic carbocycles. The van der Waals surface area contributed by atoms with E-state index in [2.05, 4.69) is 10.6 Å². The molecule has 1 aromatic rings. The minimum Gasteiger partial charge on any atom is -0.354 e. The first-order chi connectivity index (χ1) is 9.54. The minimum absolute atomic E-state index is 0.0326. The number of carbonyl (C=O) groups excluding carboxylic acids is 2. The van der Waals surface area contributed by atoms with Crippen molar-refractivity contribution in [2.45, 2.75) is 13.0 Å². The van der Waals surface area contributed by atoms with Crippen molar-refractivity contribution in [3.8, 4) is 0 Å². The van der Waals surface area contributed by atoms with E-state index >= 15 is 0 Å². The highest BCUT2D eigenvalue weighted by Crippen LogP contribution is 2.15. The number of amides is 2. The molecule has 0 unspecified atom stereocenters. The Morgan fingerprint density at radius 1 is 1.45 bits per heavy atom. The van der Waals surface area contributed by atoms with E-state index in [0.29, 0.717) is 18.1 Å². The first-order valence-corrected chi connectivity index (χ1v) is 6.96. The van der Waals surface area contributed by atoms with Gasteiger partial charge in [-0.3, -0.25) is 14.5 Å². The lowest BCUT2D eigenvalue weighted by molar-refractivity contribution is -0.127. The molecule has 1 heterocycles. The SMILES string of the molecule is C[C@@H](NC(=O)CN1CCNC(=O)C1)c1ccc(Cl)cc1. The smallest absolute Gasteiger partial charge is 0.234 e. The van der Waals surface area contributed by atoms with E-state index in [1.54, 1.807) is 12.1 Å². The summed E-state index contributed by atoms with van der Waals surface area (Å²) in [6.07, 6.45) is 0. The van der Waals surface area contributed by atoms with E-state index in [0.717, 1.165) is 5.56 Å². The predicted octanol–water partition coefficient (Wildman–Crippen LogP) is 0.949. The summed E-state index contributed by atoms with van der Waals surface area (Å²) >= 11 is 5.83. The fraction of sp³-hybridized carbons (Fsp3) is 0.429. The third-order valence-corrected chi connectivity index (χ3v) is 3.48. The van der Waals surface area contributed by atoms with Crippen LogP contribution in [0.15, 0.2) is 24.3 Å². The maximum absolute atomic E-state index is 12.0. The van der Waals surface area contributed by atoms with Gasteiger partial charge in [0.2, 0.25) is 11.8 Å². The molecule has 1 saturated heterocycles. The molecule has 0 saturated carbocycles. The highest BCUT2D eigenvalue weighted by atomic mass is 35.5. The monoisotopic (exact) mass is 295 g/mol. The van der Waals surface area contributed by atoms with Crippen LogP contribution >= 0.6 is 11.6 Å². The minimum atomic E-state index is -0.0848. The Kier molecular flexibility index (Phi) is 4.98. The second kappa shape index (κ2) is 6.72. The summed E-state index contributed by atoms with van der Waals surface area (Å²) in [5, 5.41) is 6.33. The normalized spacial score (nSPS) is 17.4. The van der Waals surface area contributed by atoms with Gasteiger partial charge < -0.3 is 10.6 Å². The fourth-order valence-corrected chi connectivity index (χ4v) is 2.28. The van der Waals surface area contributed by atoms with E-state index < -0.39 is 0 Å². The van der Waals surface area contributed by atoms with Gasteiger partial charge in [-0.15, -0.1) is 0 Å². The first-order valence-electron chi connectivity index (χ1n) is 6.58. The number of piperazine rings is 1. The van der Waals surface area contributed by atoms with Crippen LogP contribution in [0.1, 0.15) is 18.5 Å². The lowest BCUT2D eigenvalue weighted by atomic mass is 10.1. The summed E-state index contributed by atoms with van der Waals surface area (Å²) in [6.45, 7) is 3.74. The predicted molar refractivity (Wildman–Crippen MR) is 77.5 cm³/mol. The average Bonchev–Trinajstić information content (AvgIpc) is 2.39. The van der Waals surface area contributed by atoms with Crippen LogP contribution in [0.5, 0.6) is 0 Å². The van der Waals surface area contributed by atoms with Crippen molar-refractivity contribution >= 4 is 23.4 Å². The Hall–Kier alpha value is -1.59. The summed E-state index contributed by atoms with van der Waals surface area (Å²) in [7, 11) is 0. The topological polar surface area (TPSA) is 61.4 Å². The van der Waals surface area contributed by atoms with Gasteiger partial charge in [0.25, 0.3) is 0 Å². The van der Waals surface area contributed by atoms with Gasteiger partial charge in [0.1, 0.15) is 0 Å². The van der Waals surface area contributed by atoms with E-state index in [-0.39, 0.29) is 30.9 Å². The highest BCUT2D eigenvalue weighted by Gasteiger charge is 2.19. The quantitative estimate of drug-likeness (QED) is 0.869. The molecule has 5 nitrogen and oxygen atoms in total. The Morgan fingerprint density at radius 2 is 2.15 bits per heavy atom. The van der Waals surface area contributed by atoms with Gasteiger partial charge >= 0.3 is 0 Å². The molecule has 1 fully saturated rings.